The maximum Gasteiger partial charge on any atom is 0.255 e. The molecule has 4 rings (SSSR count). The number of rotatable bonds is 6. The first-order chi connectivity index (χ1) is 13.2. The Morgan fingerprint density at radius 1 is 1.15 bits per heavy atom. The molecule has 0 aliphatic heterocycles. The number of H-pyrrole nitrogens is 1. The Bertz CT molecular complexity index is 1020. The number of nitrogens with zero attached hydrogens (tertiary/aromatic N) is 1. The first kappa shape index (κ1) is 17.1. The number of aromatic amines is 1. The molecule has 6 nitrogen and oxygen atoms in total. The molecule has 1 aliphatic rings. The topological polar surface area (TPSA) is 76.2 Å². The van der Waals surface area contributed by atoms with E-state index in [9.17, 15) is 4.79 Å². The molecule has 0 unspecified atom stereocenters. The maximum atomic E-state index is 12.6. The lowest BCUT2D eigenvalue weighted by molar-refractivity contribution is 0.0948. The fourth-order valence-corrected chi connectivity index (χ4v) is 3.08. The van der Waals surface area contributed by atoms with Gasteiger partial charge in [0.05, 0.1) is 36.4 Å². The van der Waals surface area contributed by atoms with Gasteiger partial charge in [-0.25, -0.2) is 0 Å². The minimum absolute atomic E-state index is 0.114. The summed E-state index contributed by atoms with van der Waals surface area (Å²) in [5, 5.41) is 11.2. The summed E-state index contributed by atoms with van der Waals surface area (Å²) in [6.45, 7) is 0. The Morgan fingerprint density at radius 3 is 2.70 bits per heavy atom. The largest absolute Gasteiger partial charge is 0.496 e. The minimum atomic E-state index is -0.114. The number of nitrogens with one attached hydrogen (secondary N) is 2. The van der Waals surface area contributed by atoms with Crippen LogP contribution in [0.1, 0.15) is 34.5 Å². The van der Waals surface area contributed by atoms with E-state index in [0.717, 1.165) is 35.1 Å². The van der Waals surface area contributed by atoms with E-state index in [1.807, 2.05) is 42.5 Å². The van der Waals surface area contributed by atoms with Crippen molar-refractivity contribution in [1.82, 2.24) is 15.5 Å². The van der Waals surface area contributed by atoms with E-state index in [0.29, 0.717) is 17.0 Å². The van der Waals surface area contributed by atoms with E-state index in [1.165, 1.54) is 0 Å². The number of benzene rings is 2. The molecular formula is C21H21N3O3. The van der Waals surface area contributed by atoms with E-state index < -0.39 is 0 Å². The van der Waals surface area contributed by atoms with Crippen molar-refractivity contribution in [3.63, 3.8) is 0 Å². The first-order valence-electron chi connectivity index (χ1n) is 8.88. The zero-order valence-corrected chi connectivity index (χ0v) is 15.3. The van der Waals surface area contributed by atoms with E-state index >= 15 is 0 Å². The van der Waals surface area contributed by atoms with Crippen LogP contribution in [0.25, 0.3) is 23.1 Å². The molecule has 0 atom stereocenters. The van der Waals surface area contributed by atoms with Gasteiger partial charge in [-0.1, -0.05) is 18.2 Å². The minimum Gasteiger partial charge on any atom is -0.496 e. The number of ether oxygens (including phenoxy) is 2. The molecule has 1 aliphatic carbocycles. The quantitative estimate of drug-likeness (QED) is 0.701. The lowest BCUT2D eigenvalue weighted by atomic mass is 10.1. The third-order valence-electron chi connectivity index (χ3n) is 4.63. The lowest BCUT2D eigenvalue weighted by Crippen LogP contribution is -2.25. The Balaban J connectivity index is 1.74. The number of para-hydroxylation sites is 1. The molecule has 1 saturated carbocycles. The second-order valence-electron chi connectivity index (χ2n) is 6.50. The second kappa shape index (κ2) is 7.15. The Hall–Kier alpha value is -3.28. The van der Waals surface area contributed by atoms with Crippen LogP contribution in [0.5, 0.6) is 11.5 Å². The maximum absolute atomic E-state index is 12.6. The molecule has 2 aromatic carbocycles. The third-order valence-corrected chi connectivity index (χ3v) is 4.63. The summed E-state index contributed by atoms with van der Waals surface area (Å²) in [4.78, 5) is 12.6. The standard InChI is InChI=1S/C21H21N3O3/c1-26-18-6-4-3-5-13(18)7-11-16-19-17(24-23-16)12-10-15(20(19)27-2)21(25)22-14-8-9-14/h3-7,10-12,14H,8-9H2,1-2H3,(H,22,25)(H,23,24). The molecule has 138 valence electrons. The predicted molar refractivity (Wildman–Crippen MR) is 105 cm³/mol. The van der Waals surface area contributed by atoms with Crippen molar-refractivity contribution >= 4 is 29.0 Å². The van der Waals surface area contributed by atoms with Crippen LogP contribution >= 0.6 is 0 Å². The highest BCUT2D eigenvalue weighted by atomic mass is 16.5. The molecule has 6 heteroatoms. The van der Waals surface area contributed by atoms with Crippen molar-refractivity contribution in [1.29, 1.82) is 0 Å². The van der Waals surface area contributed by atoms with Crippen LogP contribution in [0, 0.1) is 0 Å². The summed E-state index contributed by atoms with van der Waals surface area (Å²) < 4.78 is 11.0. The van der Waals surface area contributed by atoms with E-state index in [1.54, 1.807) is 20.3 Å². The van der Waals surface area contributed by atoms with Crippen molar-refractivity contribution in [2.24, 2.45) is 0 Å². The number of fused-ring (bicyclic) bond motifs is 1. The zero-order valence-electron chi connectivity index (χ0n) is 15.3. The first-order valence-corrected chi connectivity index (χ1v) is 8.88. The van der Waals surface area contributed by atoms with Crippen LogP contribution < -0.4 is 14.8 Å². The average Bonchev–Trinajstić information content (AvgIpc) is 3.42. The van der Waals surface area contributed by atoms with Crippen molar-refractivity contribution in [3.05, 3.63) is 53.2 Å². The molecule has 1 fully saturated rings. The zero-order chi connectivity index (χ0) is 18.8. The number of carbonyl (C=O) groups is 1. The molecule has 0 spiro atoms. The van der Waals surface area contributed by atoms with E-state index in [2.05, 4.69) is 15.5 Å². The van der Waals surface area contributed by atoms with Crippen LogP contribution in [-0.4, -0.2) is 36.4 Å². The van der Waals surface area contributed by atoms with Gasteiger partial charge in [0.15, 0.2) is 0 Å². The second-order valence-corrected chi connectivity index (χ2v) is 6.50. The molecule has 27 heavy (non-hydrogen) atoms. The van der Waals surface area contributed by atoms with Gasteiger partial charge < -0.3 is 14.8 Å². The molecule has 3 aromatic rings. The summed E-state index contributed by atoms with van der Waals surface area (Å²) in [5.74, 6) is 1.20. The lowest BCUT2D eigenvalue weighted by Gasteiger charge is -2.10. The summed E-state index contributed by atoms with van der Waals surface area (Å²) in [6, 6.07) is 11.7. The number of aromatic nitrogens is 2. The van der Waals surface area contributed by atoms with Gasteiger partial charge in [-0.05, 0) is 43.2 Å². The van der Waals surface area contributed by atoms with E-state index in [4.69, 9.17) is 9.47 Å². The summed E-state index contributed by atoms with van der Waals surface area (Å²) in [7, 11) is 3.22. The third kappa shape index (κ3) is 3.38. The van der Waals surface area contributed by atoms with Crippen molar-refractivity contribution < 1.29 is 14.3 Å². The highest BCUT2D eigenvalue weighted by Crippen LogP contribution is 2.33. The van der Waals surface area contributed by atoms with Gasteiger partial charge >= 0.3 is 0 Å². The normalized spacial score (nSPS) is 13.9. The SMILES string of the molecule is COc1ccccc1C=Cc1n[nH]c2ccc(C(=O)NC3CC3)c(OC)c12. The van der Waals surface area contributed by atoms with Gasteiger partial charge in [-0.3, -0.25) is 9.89 Å². The number of methoxy groups -OCH3 is 2. The van der Waals surface area contributed by atoms with Crippen LogP contribution in [0.2, 0.25) is 0 Å². The number of amides is 1. The van der Waals surface area contributed by atoms with E-state index in [-0.39, 0.29) is 11.9 Å². The fourth-order valence-electron chi connectivity index (χ4n) is 3.08. The highest BCUT2D eigenvalue weighted by molar-refractivity contribution is 6.05. The number of hydrogen-bond donors (Lipinski definition) is 2. The molecule has 0 saturated heterocycles. The van der Waals surface area contributed by atoms with Gasteiger partial charge in [0.25, 0.3) is 5.91 Å². The number of hydrogen-bond acceptors (Lipinski definition) is 4. The summed E-state index contributed by atoms with van der Waals surface area (Å²) in [5.41, 5.74) is 2.98. The van der Waals surface area contributed by atoms with Gasteiger partial charge in [0.1, 0.15) is 11.5 Å². The van der Waals surface area contributed by atoms with Gasteiger partial charge in [-0.15, -0.1) is 0 Å². The molecule has 0 radical (unpaired) electrons. The molecule has 1 heterocycles. The van der Waals surface area contributed by atoms with Crippen LogP contribution in [-0.2, 0) is 0 Å². The smallest absolute Gasteiger partial charge is 0.255 e. The monoisotopic (exact) mass is 363 g/mol. The van der Waals surface area contributed by atoms with Gasteiger partial charge in [-0.2, -0.15) is 5.10 Å². The molecule has 0 bridgehead atoms. The van der Waals surface area contributed by atoms with Crippen molar-refractivity contribution in [2.75, 3.05) is 14.2 Å². The molecule has 1 aromatic heterocycles. The van der Waals surface area contributed by atoms with Crippen molar-refractivity contribution in [3.8, 4) is 11.5 Å². The molecule has 2 N–H and O–H groups in total. The molecular weight excluding hydrogens is 342 g/mol. The Morgan fingerprint density at radius 2 is 1.96 bits per heavy atom. The Kier molecular flexibility index (Phi) is 4.54. The fraction of sp³-hybridized carbons (Fsp3) is 0.238. The highest BCUT2D eigenvalue weighted by Gasteiger charge is 2.26. The van der Waals surface area contributed by atoms with Crippen LogP contribution in [0.3, 0.4) is 0 Å². The van der Waals surface area contributed by atoms with Crippen LogP contribution in [0.4, 0.5) is 0 Å². The summed E-state index contributed by atoms with van der Waals surface area (Å²) in [6.07, 6.45) is 5.90. The Labute approximate surface area is 157 Å². The summed E-state index contributed by atoms with van der Waals surface area (Å²) >= 11 is 0. The van der Waals surface area contributed by atoms with Gasteiger partial charge in [0.2, 0.25) is 0 Å². The predicted octanol–water partition coefficient (Wildman–Crippen LogP) is 3.64. The average molecular weight is 363 g/mol. The van der Waals surface area contributed by atoms with Gasteiger partial charge in [0, 0.05) is 11.6 Å². The molecule has 1 amide bonds. The van der Waals surface area contributed by atoms with Crippen LogP contribution in [0.15, 0.2) is 36.4 Å². The van der Waals surface area contributed by atoms with Crippen molar-refractivity contribution in [2.45, 2.75) is 18.9 Å². The number of carbonyl (C=O) groups excluding carboxylic acids is 1.